The summed E-state index contributed by atoms with van der Waals surface area (Å²) in [6.45, 7) is 1.57. The molecule has 0 aliphatic rings. The van der Waals surface area contributed by atoms with Crippen molar-refractivity contribution in [3.8, 4) is 0 Å². The first-order valence-electron chi connectivity index (χ1n) is 5.08. The predicted octanol–water partition coefficient (Wildman–Crippen LogP) is 1.08. The van der Waals surface area contributed by atoms with Crippen molar-refractivity contribution in [2.24, 2.45) is 5.73 Å². The van der Waals surface area contributed by atoms with Gasteiger partial charge in [-0.15, -0.1) is 0 Å². The van der Waals surface area contributed by atoms with Gasteiger partial charge >= 0.3 is 0 Å². The first kappa shape index (κ1) is 13.9. The number of benzene rings is 1. The van der Waals surface area contributed by atoms with Crippen LogP contribution in [0.2, 0.25) is 0 Å². The van der Waals surface area contributed by atoms with Crippen LogP contribution in [-0.2, 0) is 10.0 Å². The molecule has 0 heterocycles. The van der Waals surface area contributed by atoms with Crippen LogP contribution in [0, 0.1) is 11.6 Å². The average molecular weight is 264 g/mol. The quantitative estimate of drug-likeness (QED) is 0.865. The highest BCUT2D eigenvalue weighted by Crippen LogP contribution is 2.22. The van der Waals surface area contributed by atoms with E-state index in [1.54, 1.807) is 6.92 Å². The van der Waals surface area contributed by atoms with Crippen LogP contribution in [0.3, 0.4) is 0 Å². The number of sulfonamides is 1. The summed E-state index contributed by atoms with van der Waals surface area (Å²) in [4.78, 5) is 0. The van der Waals surface area contributed by atoms with Crippen LogP contribution < -0.4 is 10.0 Å². The Balaban J connectivity index is 3.19. The van der Waals surface area contributed by atoms with E-state index in [-0.39, 0.29) is 24.5 Å². The lowest BCUT2D eigenvalue weighted by molar-refractivity contribution is 0.574. The van der Waals surface area contributed by atoms with Crippen LogP contribution in [0.1, 0.15) is 6.92 Å². The van der Waals surface area contributed by atoms with Crippen LogP contribution in [-0.4, -0.2) is 27.3 Å². The molecule has 1 aromatic rings. The summed E-state index contributed by atoms with van der Waals surface area (Å²) in [5, 5.41) is 0. The van der Waals surface area contributed by atoms with Crippen molar-refractivity contribution in [1.82, 2.24) is 0 Å². The van der Waals surface area contributed by atoms with Crippen LogP contribution in [0.5, 0.6) is 0 Å². The summed E-state index contributed by atoms with van der Waals surface area (Å²) in [7, 11) is -3.67. The molecule has 0 atom stereocenters. The first-order valence-corrected chi connectivity index (χ1v) is 6.68. The second kappa shape index (κ2) is 5.42. The van der Waals surface area contributed by atoms with Crippen molar-refractivity contribution >= 4 is 15.7 Å². The Labute approximate surface area is 99.1 Å². The molecule has 2 N–H and O–H groups in total. The largest absolute Gasteiger partial charge is 0.329 e. The van der Waals surface area contributed by atoms with Gasteiger partial charge in [0, 0.05) is 19.2 Å². The minimum atomic E-state index is -3.67. The van der Waals surface area contributed by atoms with Gasteiger partial charge in [0.15, 0.2) is 0 Å². The van der Waals surface area contributed by atoms with Gasteiger partial charge < -0.3 is 5.73 Å². The molecular weight excluding hydrogens is 250 g/mol. The minimum absolute atomic E-state index is 0.0539. The standard InChI is InChI=1S/C10H14F2N2O2S/c1-2-14(17(15,16)6-5-13)10-4-3-8(11)7-9(10)12/h3-4,7H,2,5-6,13H2,1H3. The van der Waals surface area contributed by atoms with Crippen LogP contribution in [0.4, 0.5) is 14.5 Å². The van der Waals surface area contributed by atoms with Crippen molar-refractivity contribution in [1.29, 1.82) is 0 Å². The molecule has 0 fully saturated rings. The smallest absolute Gasteiger partial charge is 0.236 e. The topological polar surface area (TPSA) is 63.4 Å². The molecular formula is C10H14F2N2O2S. The number of rotatable bonds is 5. The predicted molar refractivity (Wildman–Crippen MR) is 62.2 cm³/mol. The molecule has 4 nitrogen and oxygen atoms in total. The van der Waals surface area contributed by atoms with Gasteiger partial charge in [0.2, 0.25) is 10.0 Å². The summed E-state index contributed by atoms with van der Waals surface area (Å²) in [6, 6.07) is 2.76. The fourth-order valence-electron chi connectivity index (χ4n) is 1.46. The van der Waals surface area contributed by atoms with Gasteiger partial charge in [0.1, 0.15) is 11.6 Å². The first-order chi connectivity index (χ1) is 7.92. The molecule has 1 rings (SSSR count). The van der Waals surface area contributed by atoms with E-state index in [1.807, 2.05) is 0 Å². The molecule has 0 amide bonds. The summed E-state index contributed by atoms with van der Waals surface area (Å²) in [6.07, 6.45) is 0. The molecule has 0 bridgehead atoms. The molecule has 0 radical (unpaired) electrons. The summed E-state index contributed by atoms with van der Waals surface area (Å²) in [5.74, 6) is -1.94. The zero-order chi connectivity index (χ0) is 13.1. The van der Waals surface area contributed by atoms with E-state index >= 15 is 0 Å². The van der Waals surface area contributed by atoms with Gasteiger partial charge in [-0.3, -0.25) is 4.31 Å². The van der Waals surface area contributed by atoms with Gasteiger partial charge in [-0.2, -0.15) is 0 Å². The van der Waals surface area contributed by atoms with E-state index in [0.717, 1.165) is 16.4 Å². The van der Waals surface area contributed by atoms with Gasteiger partial charge in [0.05, 0.1) is 11.4 Å². The van der Waals surface area contributed by atoms with Crippen molar-refractivity contribution in [3.63, 3.8) is 0 Å². The fourth-order valence-corrected chi connectivity index (χ4v) is 2.82. The molecule has 0 saturated heterocycles. The van der Waals surface area contributed by atoms with Crippen molar-refractivity contribution < 1.29 is 17.2 Å². The molecule has 0 unspecified atom stereocenters. The second-order valence-corrected chi connectivity index (χ2v) is 5.38. The van der Waals surface area contributed by atoms with Gasteiger partial charge in [0.25, 0.3) is 0 Å². The molecule has 96 valence electrons. The number of hydrogen-bond acceptors (Lipinski definition) is 3. The fraction of sp³-hybridized carbons (Fsp3) is 0.400. The molecule has 17 heavy (non-hydrogen) atoms. The van der Waals surface area contributed by atoms with Crippen LogP contribution >= 0.6 is 0 Å². The van der Waals surface area contributed by atoms with Crippen LogP contribution in [0.25, 0.3) is 0 Å². The summed E-state index contributed by atoms with van der Waals surface area (Å²) in [5.41, 5.74) is 5.02. The van der Waals surface area contributed by atoms with E-state index in [4.69, 9.17) is 5.73 Å². The highest BCUT2D eigenvalue weighted by atomic mass is 32.2. The summed E-state index contributed by atoms with van der Waals surface area (Å²) >= 11 is 0. The number of halogens is 2. The Bertz CT molecular complexity index is 491. The lowest BCUT2D eigenvalue weighted by atomic mass is 10.3. The van der Waals surface area contributed by atoms with Crippen molar-refractivity contribution in [3.05, 3.63) is 29.8 Å². The maximum absolute atomic E-state index is 13.5. The highest BCUT2D eigenvalue weighted by Gasteiger charge is 2.22. The van der Waals surface area contributed by atoms with Gasteiger partial charge in [-0.05, 0) is 19.1 Å². The van der Waals surface area contributed by atoms with E-state index < -0.39 is 21.7 Å². The SMILES string of the molecule is CCN(c1ccc(F)cc1F)S(=O)(=O)CCN. The highest BCUT2D eigenvalue weighted by molar-refractivity contribution is 7.92. The maximum Gasteiger partial charge on any atom is 0.236 e. The molecule has 0 aromatic heterocycles. The van der Waals surface area contributed by atoms with Crippen LogP contribution in [0.15, 0.2) is 18.2 Å². The lowest BCUT2D eigenvalue weighted by Crippen LogP contribution is -2.35. The number of hydrogen-bond donors (Lipinski definition) is 1. The Morgan fingerprint density at radius 3 is 2.47 bits per heavy atom. The lowest BCUT2D eigenvalue weighted by Gasteiger charge is -2.22. The average Bonchev–Trinajstić information content (AvgIpc) is 2.21. The number of anilines is 1. The molecule has 1 aromatic carbocycles. The summed E-state index contributed by atoms with van der Waals surface area (Å²) < 4.78 is 50.7. The zero-order valence-electron chi connectivity index (χ0n) is 9.36. The van der Waals surface area contributed by atoms with Gasteiger partial charge in [-0.25, -0.2) is 17.2 Å². The van der Waals surface area contributed by atoms with E-state index in [0.29, 0.717) is 6.07 Å². The van der Waals surface area contributed by atoms with Crippen molar-refractivity contribution in [2.45, 2.75) is 6.92 Å². The number of nitrogens with two attached hydrogens (primary N) is 1. The maximum atomic E-state index is 13.5. The van der Waals surface area contributed by atoms with E-state index in [1.165, 1.54) is 0 Å². The molecule has 0 saturated carbocycles. The Morgan fingerprint density at radius 2 is 2.00 bits per heavy atom. The Hall–Kier alpha value is -1.21. The van der Waals surface area contributed by atoms with Gasteiger partial charge in [-0.1, -0.05) is 0 Å². The minimum Gasteiger partial charge on any atom is -0.329 e. The molecule has 7 heteroatoms. The normalized spacial score (nSPS) is 11.5. The molecule has 0 aliphatic carbocycles. The number of nitrogens with zero attached hydrogens (tertiary/aromatic N) is 1. The van der Waals surface area contributed by atoms with E-state index in [2.05, 4.69) is 0 Å². The monoisotopic (exact) mass is 264 g/mol. The zero-order valence-corrected chi connectivity index (χ0v) is 10.2. The van der Waals surface area contributed by atoms with E-state index in [9.17, 15) is 17.2 Å². The molecule has 0 spiro atoms. The Morgan fingerprint density at radius 1 is 1.35 bits per heavy atom. The Kier molecular flexibility index (Phi) is 4.41. The third kappa shape index (κ3) is 3.13. The third-order valence-corrected chi connectivity index (χ3v) is 4.06. The third-order valence-electron chi connectivity index (χ3n) is 2.18. The molecule has 0 aliphatic heterocycles. The second-order valence-electron chi connectivity index (χ2n) is 3.37. The van der Waals surface area contributed by atoms with Crippen molar-refractivity contribution in [2.75, 3.05) is 23.1 Å².